The monoisotopic (exact) mass is 314 g/mol. The highest BCUT2D eigenvalue weighted by atomic mass is 35.5. The fraction of sp³-hybridized carbons (Fsp3) is 0.625. The van der Waals surface area contributed by atoms with E-state index in [1.807, 2.05) is 0 Å². The molecule has 3 aliphatic rings. The lowest BCUT2D eigenvalue weighted by Gasteiger charge is -2.48. The molecule has 2 nitrogen and oxygen atoms in total. The zero-order chi connectivity index (χ0) is 12.1. The van der Waals surface area contributed by atoms with E-state index in [1.165, 1.54) is 45.4 Å². The van der Waals surface area contributed by atoms with Gasteiger partial charge in [0, 0.05) is 25.3 Å². The van der Waals surface area contributed by atoms with Gasteiger partial charge in [-0.2, -0.15) is 0 Å². The fourth-order valence-corrected chi connectivity index (χ4v) is 4.34. The lowest BCUT2D eigenvalue weighted by molar-refractivity contribution is 0.180. The summed E-state index contributed by atoms with van der Waals surface area (Å²) in [4.78, 5) is 5.19. The van der Waals surface area contributed by atoms with Crippen molar-refractivity contribution in [1.82, 2.24) is 4.90 Å². The first-order chi connectivity index (χ1) is 8.83. The Morgan fingerprint density at radius 2 is 1.95 bits per heavy atom. The summed E-state index contributed by atoms with van der Waals surface area (Å²) in [5, 5.41) is 0. The largest absolute Gasteiger partial charge is 0.371 e. The third kappa shape index (κ3) is 2.43. The minimum Gasteiger partial charge on any atom is -0.371 e. The maximum atomic E-state index is 2.68. The molecule has 1 aromatic carbocycles. The van der Waals surface area contributed by atoms with E-state index in [2.05, 4.69) is 35.0 Å². The number of para-hydroxylation sites is 1. The average Bonchev–Trinajstić information content (AvgIpc) is 2.39. The molecule has 4 rings (SSSR count). The minimum absolute atomic E-state index is 0. The molecule has 1 saturated heterocycles. The quantitative estimate of drug-likeness (QED) is 0.724. The molecular weight excluding hydrogens is 291 g/mol. The Labute approximate surface area is 134 Å². The van der Waals surface area contributed by atoms with Gasteiger partial charge in [-0.15, -0.1) is 24.8 Å². The van der Waals surface area contributed by atoms with Crippen molar-refractivity contribution >= 4 is 30.5 Å². The molecule has 0 aromatic heterocycles. The molecule has 0 amide bonds. The summed E-state index contributed by atoms with van der Waals surface area (Å²) in [6.07, 6.45) is 3.98. The summed E-state index contributed by atoms with van der Waals surface area (Å²) < 4.78 is 0. The number of nitrogens with zero attached hydrogens (tertiary/aromatic N) is 2. The Morgan fingerprint density at radius 3 is 2.80 bits per heavy atom. The highest BCUT2D eigenvalue weighted by Gasteiger charge is 2.38. The van der Waals surface area contributed by atoms with Crippen molar-refractivity contribution in [3.63, 3.8) is 0 Å². The summed E-state index contributed by atoms with van der Waals surface area (Å²) in [5.41, 5.74) is 4.89. The van der Waals surface area contributed by atoms with Crippen LogP contribution in [0.3, 0.4) is 0 Å². The van der Waals surface area contributed by atoms with Gasteiger partial charge in [-0.05, 0) is 55.8 Å². The first-order valence-electron chi connectivity index (χ1n) is 7.38. The van der Waals surface area contributed by atoms with Gasteiger partial charge in [0.05, 0.1) is 0 Å². The zero-order valence-corrected chi connectivity index (χ0v) is 13.7. The van der Waals surface area contributed by atoms with Gasteiger partial charge in [0.1, 0.15) is 0 Å². The van der Waals surface area contributed by atoms with Gasteiger partial charge in [0.15, 0.2) is 0 Å². The number of benzene rings is 1. The van der Waals surface area contributed by atoms with E-state index in [9.17, 15) is 0 Å². The number of piperidine rings is 1. The molecule has 112 valence electrons. The Hall–Kier alpha value is -0.440. The van der Waals surface area contributed by atoms with E-state index in [0.29, 0.717) is 0 Å². The van der Waals surface area contributed by atoms with Crippen LogP contribution in [0.2, 0.25) is 0 Å². The number of aryl methyl sites for hydroxylation is 1. The van der Waals surface area contributed by atoms with Crippen molar-refractivity contribution in [2.75, 3.05) is 38.1 Å². The molecule has 2 atom stereocenters. The van der Waals surface area contributed by atoms with E-state index in [1.54, 1.807) is 16.8 Å². The first-order valence-corrected chi connectivity index (χ1v) is 7.38. The third-order valence-corrected chi connectivity index (χ3v) is 5.13. The van der Waals surface area contributed by atoms with E-state index < -0.39 is 0 Å². The van der Waals surface area contributed by atoms with Crippen molar-refractivity contribution in [1.29, 1.82) is 0 Å². The van der Waals surface area contributed by atoms with Crippen LogP contribution in [0.5, 0.6) is 0 Å². The molecule has 0 unspecified atom stereocenters. The molecule has 0 radical (unpaired) electrons. The number of hydrogen-bond donors (Lipinski definition) is 0. The average molecular weight is 315 g/mol. The number of anilines is 1. The minimum atomic E-state index is 0. The molecule has 20 heavy (non-hydrogen) atoms. The maximum absolute atomic E-state index is 2.68. The lowest BCUT2D eigenvalue weighted by Crippen LogP contribution is -2.48. The second kappa shape index (κ2) is 6.13. The SMILES string of the molecule is CN1CC[C@H]2c3cccc4c3N(CCC4)C[C@H]2C1.Cl.Cl. The van der Waals surface area contributed by atoms with Gasteiger partial charge in [0.2, 0.25) is 0 Å². The van der Waals surface area contributed by atoms with Gasteiger partial charge in [0.25, 0.3) is 0 Å². The summed E-state index contributed by atoms with van der Waals surface area (Å²) in [5.74, 6) is 1.68. The number of halogens is 2. The molecule has 3 heterocycles. The molecule has 0 bridgehead atoms. The standard InChI is InChI=1S/C16H22N2.2ClH/c1-17-9-7-14-13(10-17)11-18-8-3-5-12-4-2-6-15(14)16(12)18;;/h2,4,6,13-14H,3,5,7-11H2,1H3;2*1H/t13-,14-;;/m1../s1. The number of likely N-dealkylation sites (tertiary alicyclic amines) is 1. The predicted octanol–water partition coefficient (Wildman–Crippen LogP) is 3.33. The van der Waals surface area contributed by atoms with Crippen LogP contribution in [0.1, 0.15) is 29.9 Å². The van der Waals surface area contributed by atoms with Crippen LogP contribution >= 0.6 is 24.8 Å². The molecule has 3 aliphatic heterocycles. The smallest absolute Gasteiger partial charge is 0.0434 e. The van der Waals surface area contributed by atoms with Gasteiger partial charge < -0.3 is 9.80 Å². The topological polar surface area (TPSA) is 6.48 Å². The second-order valence-corrected chi connectivity index (χ2v) is 6.32. The van der Waals surface area contributed by atoms with Crippen LogP contribution in [0.4, 0.5) is 5.69 Å². The summed E-state index contributed by atoms with van der Waals surface area (Å²) in [6.45, 7) is 5.12. The Morgan fingerprint density at radius 1 is 1.10 bits per heavy atom. The predicted molar refractivity (Wildman–Crippen MR) is 89.8 cm³/mol. The molecule has 0 aliphatic carbocycles. The van der Waals surface area contributed by atoms with E-state index in [4.69, 9.17) is 0 Å². The molecule has 4 heteroatoms. The second-order valence-electron chi connectivity index (χ2n) is 6.32. The lowest BCUT2D eigenvalue weighted by atomic mass is 9.75. The Balaban J connectivity index is 0.000000735. The van der Waals surface area contributed by atoms with Crippen LogP contribution in [-0.4, -0.2) is 38.1 Å². The van der Waals surface area contributed by atoms with Crippen LogP contribution in [0.15, 0.2) is 18.2 Å². The van der Waals surface area contributed by atoms with Crippen molar-refractivity contribution in [3.8, 4) is 0 Å². The third-order valence-electron chi connectivity index (χ3n) is 5.13. The van der Waals surface area contributed by atoms with Crippen LogP contribution in [0.25, 0.3) is 0 Å². The number of rotatable bonds is 0. The molecule has 0 spiro atoms. The highest BCUT2D eigenvalue weighted by molar-refractivity contribution is 5.85. The van der Waals surface area contributed by atoms with Gasteiger partial charge >= 0.3 is 0 Å². The first kappa shape index (κ1) is 15.9. The van der Waals surface area contributed by atoms with Crippen LogP contribution < -0.4 is 4.90 Å². The fourth-order valence-electron chi connectivity index (χ4n) is 4.34. The van der Waals surface area contributed by atoms with Crippen LogP contribution in [-0.2, 0) is 6.42 Å². The van der Waals surface area contributed by atoms with Crippen molar-refractivity contribution in [3.05, 3.63) is 29.3 Å². The van der Waals surface area contributed by atoms with Gasteiger partial charge in [-0.3, -0.25) is 0 Å². The summed E-state index contributed by atoms with van der Waals surface area (Å²) in [6, 6.07) is 7.04. The highest BCUT2D eigenvalue weighted by Crippen LogP contribution is 2.45. The maximum Gasteiger partial charge on any atom is 0.0434 e. The van der Waals surface area contributed by atoms with E-state index >= 15 is 0 Å². The van der Waals surface area contributed by atoms with Crippen molar-refractivity contribution in [2.45, 2.75) is 25.2 Å². The Kier molecular flexibility index (Phi) is 4.88. The molecular formula is C16H24Cl2N2. The molecule has 1 aromatic rings. The Bertz CT molecular complexity index is 478. The zero-order valence-electron chi connectivity index (χ0n) is 12.0. The van der Waals surface area contributed by atoms with E-state index in [-0.39, 0.29) is 24.8 Å². The normalized spacial score (nSPS) is 27.8. The number of hydrogen-bond acceptors (Lipinski definition) is 2. The van der Waals surface area contributed by atoms with Crippen molar-refractivity contribution < 1.29 is 0 Å². The summed E-state index contributed by atoms with van der Waals surface area (Å²) >= 11 is 0. The van der Waals surface area contributed by atoms with Crippen molar-refractivity contribution in [2.24, 2.45) is 5.92 Å². The molecule has 0 saturated carbocycles. The number of fused-ring (bicyclic) bond motifs is 2. The summed E-state index contributed by atoms with van der Waals surface area (Å²) in [7, 11) is 2.28. The van der Waals surface area contributed by atoms with Crippen LogP contribution in [0, 0.1) is 5.92 Å². The van der Waals surface area contributed by atoms with Gasteiger partial charge in [-0.1, -0.05) is 18.2 Å². The van der Waals surface area contributed by atoms with Gasteiger partial charge in [-0.25, -0.2) is 0 Å². The molecule has 1 fully saturated rings. The molecule has 0 N–H and O–H groups in total. The van der Waals surface area contributed by atoms with E-state index in [0.717, 1.165) is 11.8 Å².